The number of ether oxygens (including phenoxy) is 2. The molecule has 0 bridgehead atoms. The Morgan fingerprint density at radius 3 is 2.62 bits per heavy atom. The summed E-state index contributed by atoms with van der Waals surface area (Å²) in [4.78, 5) is 0. The van der Waals surface area contributed by atoms with E-state index in [0.717, 1.165) is 0 Å². The van der Waals surface area contributed by atoms with Crippen molar-refractivity contribution in [2.24, 2.45) is 0 Å². The van der Waals surface area contributed by atoms with Crippen LogP contribution in [-0.2, 0) is 14.6 Å². The Morgan fingerprint density at radius 1 is 1.62 bits per heavy atom. The first-order chi connectivity index (χ1) is 3.81. The van der Waals surface area contributed by atoms with Crippen LogP contribution in [0.15, 0.2) is 0 Å². The minimum Gasteiger partial charge on any atom is -0.359 e. The maximum absolute atomic E-state index is 10.4. The molecule has 49 valence electrons. The van der Waals surface area contributed by atoms with E-state index in [9.17, 15) is 5.11 Å². The molecule has 0 aliphatic carbocycles. The van der Waals surface area contributed by atoms with E-state index in [1.54, 1.807) is 6.92 Å². The minimum atomic E-state index is -0.921. The third-order valence-electron chi connectivity index (χ3n) is 0.705. The maximum Gasteiger partial charge on any atom is 0.193 e. The van der Waals surface area contributed by atoms with Gasteiger partial charge in [0.2, 0.25) is 0 Å². The van der Waals surface area contributed by atoms with Gasteiger partial charge in [-0.3, -0.25) is 0 Å². The average Bonchev–Trinajstić information content (AvgIpc) is 1.83. The molecule has 0 N–H and O–H groups in total. The van der Waals surface area contributed by atoms with E-state index in [-0.39, 0.29) is 6.79 Å². The summed E-state index contributed by atoms with van der Waals surface area (Å²) in [5.41, 5.74) is 0. The van der Waals surface area contributed by atoms with Gasteiger partial charge in [-0.2, -0.15) is 0 Å². The van der Waals surface area contributed by atoms with Gasteiger partial charge in [0.25, 0.3) is 0 Å². The Bertz CT molecular complexity index is 46.9. The van der Waals surface area contributed by atoms with Crippen molar-refractivity contribution in [2.75, 3.05) is 13.9 Å². The highest BCUT2D eigenvalue weighted by molar-refractivity contribution is 4.28. The molecule has 3 nitrogen and oxygen atoms in total. The first kappa shape index (κ1) is 7.88. The summed E-state index contributed by atoms with van der Waals surface area (Å²) in [7, 11) is 1.49. The number of hydrogen-bond donors (Lipinski definition) is 0. The van der Waals surface area contributed by atoms with Gasteiger partial charge in [0, 0.05) is 7.11 Å². The van der Waals surface area contributed by atoms with E-state index in [4.69, 9.17) is 0 Å². The predicted octanol–water partition coefficient (Wildman–Crippen LogP) is 0.773. The van der Waals surface area contributed by atoms with Gasteiger partial charge in [0.1, 0.15) is 6.79 Å². The number of methoxy groups -OCH3 is 1. The molecule has 0 aromatic heterocycles. The lowest BCUT2D eigenvalue weighted by atomic mass is 10.5. The predicted molar refractivity (Wildman–Crippen MR) is 27.7 cm³/mol. The van der Waals surface area contributed by atoms with Gasteiger partial charge in [-0.05, 0) is 6.42 Å². The fourth-order valence-corrected chi connectivity index (χ4v) is 0.262. The smallest absolute Gasteiger partial charge is 0.193 e. The highest BCUT2D eigenvalue weighted by atomic mass is 16.7. The zero-order valence-electron chi connectivity index (χ0n) is 5.22. The molecular weight excluding hydrogens is 108 g/mol. The van der Waals surface area contributed by atoms with Crippen LogP contribution in [0.2, 0.25) is 0 Å². The molecule has 0 rings (SSSR count). The van der Waals surface area contributed by atoms with Crippen molar-refractivity contribution in [1.82, 2.24) is 0 Å². The second-order valence-electron chi connectivity index (χ2n) is 1.41. The lowest BCUT2D eigenvalue weighted by molar-refractivity contribution is -0.189. The fraction of sp³-hybridized carbons (Fsp3) is 1.00. The summed E-state index contributed by atoms with van der Waals surface area (Å²) in [5.74, 6) is 0. The van der Waals surface area contributed by atoms with E-state index in [1.807, 2.05) is 0 Å². The maximum atomic E-state index is 10.4. The Hall–Kier alpha value is -0.120. The molecule has 8 heavy (non-hydrogen) atoms. The van der Waals surface area contributed by atoms with Crippen LogP contribution >= 0.6 is 0 Å². The second kappa shape index (κ2) is 5.03. The van der Waals surface area contributed by atoms with E-state index >= 15 is 0 Å². The summed E-state index contributed by atoms with van der Waals surface area (Å²) in [5, 5.41) is 10.4. The van der Waals surface area contributed by atoms with Crippen LogP contribution in [0.5, 0.6) is 0 Å². The Labute approximate surface area is 49.2 Å². The molecule has 0 saturated carbocycles. The molecule has 0 aliphatic rings. The normalized spacial score (nSPS) is 13.9. The molecule has 0 amide bonds. The summed E-state index contributed by atoms with van der Waals surface area (Å²) in [6.07, 6.45) is -0.432. The summed E-state index contributed by atoms with van der Waals surface area (Å²) in [6, 6.07) is 0. The van der Waals surface area contributed by atoms with Crippen LogP contribution < -0.4 is 0 Å². The van der Waals surface area contributed by atoms with Crippen LogP contribution in [0.25, 0.3) is 0 Å². The monoisotopic (exact) mass is 119 g/mol. The molecule has 0 spiro atoms. The molecule has 0 aromatic rings. The summed E-state index contributed by atoms with van der Waals surface area (Å²) < 4.78 is 9.05. The zero-order chi connectivity index (χ0) is 6.41. The molecule has 0 aliphatic heterocycles. The highest BCUT2D eigenvalue weighted by Crippen LogP contribution is 1.91. The van der Waals surface area contributed by atoms with Crippen molar-refractivity contribution < 1.29 is 14.6 Å². The van der Waals surface area contributed by atoms with Gasteiger partial charge in [-0.15, -0.1) is 0 Å². The lowest BCUT2D eigenvalue weighted by Gasteiger charge is -2.04. The van der Waals surface area contributed by atoms with Crippen LogP contribution in [0.3, 0.4) is 0 Å². The number of rotatable bonds is 4. The van der Waals surface area contributed by atoms with Gasteiger partial charge >= 0.3 is 0 Å². The molecule has 3 heteroatoms. The molecular formula is C5H11O3. The molecule has 0 saturated heterocycles. The van der Waals surface area contributed by atoms with Crippen molar-refractivity contribution in [2.45, 2.75) is 19.6 Å². The van der Waals surface area contributed by atoms with Crippen LogP contribution in [0, 0.1) is 0 Å². The quantitative estimate of drug-likeness (QED) is 0.513. The van der Waals surface area contributed by atoms with Crippen molar-refractivity contribution in [3.8, 4) is 0 Å². The van der Waals surface area contributed by atoms with Crippen LogP contribution in [0.1, 0.15) is 13.3 Å². The van der Waals surface area contributed by atoms with Crippen molar-refractivity contribution >= 4 is 0 Å². The Balaban J connectivity index is 2.86. The molecule has 0 heterocycles. The lowest BCUT2D eigenvalue weighted by Crippen LogP contribution is -2.09. The van der Waals surface area contributed by atoms with Crippen molar-refractivity contribution in [3.63, 3.8) is 0 Å². The molecule has 0 fully saturated rings. The van der Waals surface area contributed by atoms with Crippen LogP contribution in [0.4, 0.5) is 0 Å². The Morgan fingerprint density at radius 2 is 2.25 bits per heavy atom. The fourth-order valence-electron chi connectivity index (χ4n) is 0.262. The van der Waals surface area contributed by atoms with Crippen molar-refractivity contribution in [3.05, 3.63) is 0 Å². The second-order valence-corrected chi connectivity index (χ2v) is 1.41. The van der Waals surface area contributed by atoms with E-state index in [0.29, 0.717) is 6.42 Å². The van der Waals surface area contributed by atoms with Gasteiger partial charge in [-0.25, -0.2) is 5.11 Å². The molecule has 1 radical (unpaired) electrons. The SMILES string of the molecule is CCC([O])OCOC. The van der Waals surface area contributed by atoms with Crippen molar-refractivity contribution in [1.29, 1.82) is 0 Å². The first-order valence-corrected chi connectivity index (χ1v) is 2.57. The third-order valence-corrected chi connectivity index (χ3v) is 0.705. The van der Waals surface area contributed by atoms with E-state index in [2.05, 4.69) is 9.47 Å². The van der Waals surface area contributed by atoms with E-state index in [1.165, 1.54) is 7.11 Å². The number of hydrogen-bond acceptors (Lipinski definition) is 2. The van der Waals surface area contributed by atoms with Gasteiger partial charge in [0.05, 0.1) is 0 Å². The largest absolute Gasteiger partial charge is 0.359 e. The highest BCUT2D eigenvalue weighted by Gasteiger charge is 1.98. The first-order valence-electron chi connectivity index (χ1n) is 2.57. The minimum absolute atomic E-state index is 0.0992. The third kappa shape index (κ3) is 4.05. The van der Waals surface area contributed by atoms with Crippen LogP contribution in [-0.4, -0.2) is 20.2 Å². The summed E-state index contributed by atoms with van der Waals surface area (Å²) >= 11 is 0. The Kier molecular flexibility index (Phi) is 4.95. The standard InChI is InChI=1S/C5H11O3/c1-3-5(6)8-4-7-2/h5H,3-4H2,1-2H3. The van der Waals surface area contributed by atoms with Gasteiger partial charge < -0.3 is 9.47 Å². The summed E-state index contributed by atoms with van der Waals surface area (Å²) in [6.45, 7) is 1.87. The molecule has 1 atom stereocenters. The molecule has 1 unspecified atom stereocenters. The van der Waals surface area contributed by atoms with Gasteiger partial charge in [-0.1, -0.05) is 6.92 Å². The average molecular weight is 119 g/mol. The topological polar surface area (TPSA) is 38.4 Å². The van der Waals surface area contributed by atoms with Gasteiger partial charge in [0.15, 0.2) is 6.29 Å². The van der Waals surface area contributed by atoms with E-state index < -0.39 is 6.29 Å². The molecule has 0 aromatic carbocycles. The zero-order valence-corrected chi connectivity index (χ0v) is 5.22.